The molecule has 1 saturated heterocycles. The van der Waals surface area contributed by atoms with E-state index in [0.717, 1.165) is 4.70 Å². The number of ether oxygens (including phenoxy) is 2. The Morgan fingerprint density at radius 3 is 2.71 bits per heavy atom. The molecule has 3 heterocycles. The van der Waals surface area contributed by atoms with Gasteiger partial charge in [-0.15, -0.1) is 0 Å². The second-order valence-corrected chi connectivity index (χ2v) is 8.76. The zero-order valence-corrected chi connectivity index (χ0v) is 19.8. The molecule has 0 bridgehead atoms. The Morgan fingerprint density at radius 1 is 1.11 bits per heavy atom. The summed E-state index contributed by atoms with van der Waals surface area (Å²) in [5.41, 5.74) is 1.58. The van der Waals surface area contributed by atoms with Crippen LogP contribution in [0.1, 0.15) is 24.1 Å². The highest BCUT2D eigenvalue weighted by molar-refractivity contribution is 7.22. The van der Waals surface area contributed by atoms with Gasteiger partial charge in [0.2, 0.25) is 0 Å². The van der Waals surface area contributed by atoms with Gasteiger partial charge in [-0.2, -0.15) is 0 Å². The van der Waals surface area contributed by atoms with E-state index in [2.05, 4.69) is 9.97 Å². The molecule has 0 radical (unpaired) electrons. The van der Waals surface area contributed by atoms with Crippen LogP contribution in [-0.4, -0.2) is 40.5 Å². The Kier molecular flexibility index (Phi) is 5.92. The number of fused-ring (bicyclic) bond motifs is 1. The number of anilines is 1. The lowest BCUT2D eigenvalue weighted by Gasteiger charge is -2.22. The Bertz CT molecular complexity index is 1460. The molecule has 9 heteroatoms. The Labute approximate surface area is 205 Å². The van der Waals surface area contributed by atoms with E-state index in [1.54, 1.807) is 68.0 Å². The lowest BCUT2D eigenvalue weighted by Crippen LogP contribution is -2.29. The number of rotatable bonds is 6. The van der Waals surface area contributed by atoms with Crippen LogP contribution in [0.25, 0.3) is 16.0 Å². The predicted molar refractivity (Wildman–Crippen MR) is 133 cm³/mol. The highest BCUT2D eigenvalue weighted by Crippen LogP contribution is 2.44. The predicted octanol–water partition coefficient (Wildman–Crippen LogP) is 4.72. The van der Waals surface area contributed by atoms with Crippen molar-refractivity contribution >= 4 is 44.1 Å². The maximum atomic E-state index is 13.3. The third-order valence-electron chi connectivity index (χ3n) is 5.65. The fourth-order valence-electron chi connectivity index (χ4n) is 4.06. The number of hydrogen-bond donors (Lipinski definition) is 1. The topological polar surface area (TPSA) is 102 Å². The molecule has 1 aliphatic rings. The number of carbonyl (C=O) groups is 2. The SMILES string of the molecule is CCOc1cccc(/C(O)=C2\C(=O)C(=O)N(c3nc4ccc(OC)cc4s3)C2c2cccnc2)c1. The van der Waals surface area contributed by atoms with Crippen LogP contribution in [0.5, 0.6) is 11.5 Å². The molecule has 1 unspecified atom stereocenters. The van der Waals surface area contributed by atoms with Crippen molar-refractivity contribution in [3.8, 4) is 11.5 Å². The molecular formula is C26H21N3O5S. The minimum atomic E-state index is -0.901. The first-order valence-corrected chi connectivity index (χ1v) is 11.7. The third-order valence-corrected chi connectivity index (χ3v) is 6.67. The molecule has 8 nitrogen and oxygen atoms in total. The van der Waals surface area contributed by atoms with Gasteiger partial charge in [0.15, 0.2) is 5.13 Å². The monoisotopic (exact) mass is 487 g/mol. The quantitative estimate of drug-likeness (QED) is 0.238. The number of benzene rings is 2. The van der Waals surface area contributed by atoms with Crippen molar-refractivity contribution in [2.24, 2.45) is 0 Å². The van der Waals surface area contributed by atoms with Crippen molar-refractivity contribution in [3.63, 3.8) is 0 Å². The normalized spacial score (nSPS) is 17.2. The van der Waals surface area contributed by atoms with E-state index >= 15 is 0 Å². The van der Waals surface area contributed by atoms with E-state index in [1.165, 1.54) is 16.2 Å². The maximum absolute atomic E-state index is 13.3. The third kappa shape index (κ3) is 4.00. The van der Waals surface area contributed by atoms with E-state index in [0.29, 0.717) is 39.9 Å². The van der Waals surface area contributed by atoms with E-state index in [4.69, 9.17) is 9.47 Å². The summed E-state index contributed by atoms with van der Waals surface area (Å²) in [7, 11) is 1.57. The number of thiazole rings is 1. The molecule has 5 rings (SSSR count). The molecular weight excluding hydrogens is 466 g/mol. The zero-order chi connectivity index (χ0) is 24.5. The van der Waals surface area contributed by atoms with Gasteiger partial charge in [0.1, 0.15) is 17.3 Å². The fourth-order valence-corrected chi connectivity index (χ4v) is 5.08. The zero-order valence-electron chi connectivity index (χ0n) is 19.0. The number of aliphatic hydroxyl groups is 1. The molecule has 0 spiro atoms. The van der Waals surface area contributed by atoms with Crippen molar-refractivity contribution in [2.45, 2.75) is 13.0 Å². The number of methoxy groups -OCH3 is 1. The Morgan fingerprint density at radius 2 is 1.97 bits per heavy atom. The molecule has 1 fully saturated rings. The number of ketones is 1. The minimum Gasteiger partial charge on any atom is -0.507 e. The second-order valence-electron chi connectivity index (χ2n) is 7.75. The van der Waals surface area contributed by atoms with Crippen molar-refractivity contribution in [1.82, 2.24) is 9.97 Å². The number of hydrogen-bond acceptors (Lipinski definition) is 8. The van der Waals surface area contributed by atoms with Gasteiger partial charge in [-0.1, -0.05) is 29.5 Å². The average molecular weight is 488 g/mol. The summed E-state index contributed by atoms with van der Waals surface area (Å²) < 4.78 is 11.6. The van der Waals surface area contributed by atoms with Gasteiger partial charge < -0.3 is 14.6 Å². The van der Waals surface area contributed by atoms with Crippen LogP contribution in [0.3, 0.4) is 0 Å². The molecule has 0 aliphatic carbocycles. The molecule has 2 aromatic heterocycles. The maximum Gasteiger partial charge on any atom is 0.301 e. The largest absolute Gasteiger partial charge is 0.507 e. The van der Waals surface area contributed by atoms with E-state index in [1.807, 2.05) is 13.0 Å². The first-order chi connectivity index (χ1) is 17.0. The van der Waals surface area contributed by atoms with Crippen molar-refractivity contribution in [2.75, 3.05) is 18.6 Å². The number of Topliss-reactive ketones (excluding diaryl/α,β-unsaturated/α-hetero) is 1. The second kappa shape index (κ2) is 9.19. The van der Waals surface area contributed by atoms with Crippen LogP contribution in [0.2, 0.25) is 0 Å². The molecule has 2 aromatic carbocycles. The number of carbonyl (C=O) groups excluding carboxylic acids is 2. The van der Waals surface area contributed by atoms with Crippen LogP contribution in [0.15, 0.2) is 72.6 Å². The molecule has 4 aromatic rings. The van der Waals surface area contributed by atoms with Gasteiger partial charge >= 0.3 is 5.91 Å². The summed E-state index contributed by atoms with van der Waals surface area (Å²) in [5, 5.41) is 11.6. The number of pyridine rings is 1. The van der Waals surface area contributed by atoms with Crippen molar-refractivity contribution in [3.05, 3.63) is 83.7 Å². The number of amides is 1. The van der Waals surface area contributed by atoms with Crippen LogP contribution in [0, 0.1) is 0 Å². The van der Waals surface area contributed by atoms with Crippen molar-refractivity contribution < 1.29 is 24.2 Å². The molecule has 1 N–H and O–H groups in total. The molecule has 176 valence electrons. The highest BCUT2D eigenvalue weighted by Gasteiger charge is 2.48. The molecule has 1 atom stereocenters. The highest BCUT2D eigenvalue weighted by atomic mass is 32.1. The molecule has 0 saturated carbocycles. The van der Waals surface area contributed by atoms with Gasteiger partial charge in [0.05, 0.1) is 35.5 Å². The van der Waals surface area contributed by atoms with Gasteiger partial charge in [0.25, 0.3) is 5.78 Å². The summed E-state index contributed by atoms with van der Waals surface area (Å²) in [5.74, 6) is -0.650. The molecule has 1 aliphatic heterocycles. The summed E-state index contributed by atoms with van der Waals surface area (Å²) >= 11 is 1.26. The van der Waals surface area contributed by atoms with Crippen LogP contribution in [0.4, 0.5) is 5.13 Å². The number of aliphatic hydroxyl groups excluding tert-OH is 1. The summed E-state index contributed by atoms with van der Waals surface area (Å²) in [6.45, 7) is 2.31. The van der Waals surface area contributed by atoms with Gasteiger partial charge in [-0.25, -0.2) is 4.98 Å². The van der Waals surface area contributed by atoms with Crippen LogP contribution in [-0.2, 0) is 9.59 Å². The lowest BCUT2D eigenvalue weighted by molar-refractivity contribution is -0.132. The van der Waals surface area contributed by atoms with Crippen LogP contribution >= 0.6 is 11.3 Å². The Hall–Kier alpha value is -4.24. The number of nitrogens with zero attached hydrogens (tertiary/aromatic N) is 3. The molecule has 1 amide bonds. The van der Waals surface area contributed by atoms with E-state index in [-0.39, 0.29) is 11.3 Å². The van der Waals surface area contributed by atoms with Crippen molar-refractivity contribution in [1.29, 1.82) is 0 Å². The van der Waals surface area contributed by atoms with Gasteiger partial charge in [0, 0.05) is 18.0 Å². The summed E-state index contributed by atoms with van der Waals surface area (Å²) in [4.78, 5) is 36.7. The summed E-state index contributed by atoms with van der Waals surface area (Å²) in [6, 6.07) is 14.8. The first-order valence-electron chi connectivity index (χ1n) is 10.9. The average Bonchev–Trinajstić information content (AvgIpc) is 3.42. The Balaban J connectivity index is 1.69. The lowest BCUT2D eigenvalue weighted by atomic mass is 9.96. The first kappa shape index (κ1) is 22.5. The minimum absolute atomic E-state index is 0.0338. The smallest absolute Gasteiger partial charge is 0.301 e. The standard InChI is InChI=1S/C26H21N3O5S/c1-3-34-18-8-4-6-15(12-18)23(30)21-22(16-7-5-11-27-14-16)29(25(32)24(21)31)26-28-19-10-9-17(33-2)13-20(19)35-26/h4-14,22,30H,3H2,1-2H3/b23-21+. The summed E-state index contributed by atoms with van der Waals surface area (Å²) in [6.07, 6.45) is 3.18. The van der Waals surface area contributed by atoms with E-state index < -0.39 is 17.7 Å². The van der Waals surface area contributed by atoms with Crippen LogP contribution < -0.4 is 14.4 Å². The number of aromatic nitrogens is 2. The molecule has 35 heavy (non-hydrogen) atoms. The van der Waals surface area contributed by atoms with Gasteiger partial charge in [-0.3, -0.25) is 19.5 Å². The van der Waals surface area contributed by atoms with Gasteiger partial charge in [-0.05, 0) is 48.9 Å². The fraction of sp³-hybridized carbons (Fsp3) is 0.154. The van der Waals surface area contributed by atoms with E-state index in [9.17, 15) is 14.7 Å².